The van der Waals surface area contributed by atoms with Gasteiger partial charge in [0, 0.05) is 5.56 Å². The third-order valence-corrected chi connectivity index (χ3v) is 3.60. The lowest BCUT2D eigenvalue weighted by Gasteiger charge is -2.07. The molecule has 0 radical (unpaired) electrons. The van der Waals surface area contributed by atoms with Gasteiger partial charge >= 0.3 is 0 Å². The van der Waals surface area contributed by atoms with E-state index in [-0.39, 0.29) is 5.89 Å². The molecular formula is C17H16N4O4. The molecule has 3 N–H and O–H groups in total. The van der Waals surface area contributed by atoms with E-state index in [1.807, 2.05) is 0 Å². The summed E-state index contributed by atoms with van der Waals surface area (Å²) < 4.78 is 15.8. The van der Waals surface area contributed by atoms with Crippen molar-refractivity contribution in [3.05, 3.63) is 48.0 Å². The quantitative estimate of drug-likeness (QED) is 0.415. The van der Waals surface area contributed by atoms with Gasteiger partial charge in [-0.1, -0.05) is 17.3 Å². The summed E-state index contributed by atoms with van der Waals surface area (Å²) >= 11 is 0. The van der Waals surface area contributed by atoms with E-state index in [1.165, 1.54) is 0 Å². The van der Waals surface area contributed by atoms with Gasteiger partial charge in [-0.05, 0) is 30.3 Å². The number of nitrogen functional groups attached to an aromatic ring is 1. The molecule has 0 bridgehead atoms. The summed E-state index contributed by atoms with van der Waals surface area (Å²) in [7, 11) is 3.11. The van der Waals surface area contributed by atoms with Crippen molar-refractivity contribution in [1.29, 1.82) is 0 Å². The van der Waals surface area contributed by atoms with Crippen LogP contribution in [0.1, 0.15) is 10.4 Å². The summed E-state index contributed by atoms with van der Waals surface area (Å²) in [6.07, 6.45) is 0. The van der Waals surface area contributed by atoms with Crippen molar-refractivity contribution < 1.29 is 18.8 Å². The molecule has 1 heterocycles. The number of aromatic nitrogens is 2. The third-order valence-electron chi connectivity index (χ3n) is 3.60. The molecule has 0 saturated carbocycles. The summed E-state index contributed by atoms with van der Waals surface area (Å²) in [6, 6.07) is 12.1. The van der Waals surface area contributed by atoms with Gasteiger partial charge in [0.25, 0.3) is 11.8 Å². The average molecular weight is 340 g/mol. The van der Waals surface area contributed by atoms with Crippen LogP contribution in [-0.4, -0.2) is 30.3 Å². The minimum atomic E-state index is -0.443. The van der Waals surface area contributed by atoms with Crippen molar-refractivity contribution in [1.82, 2.24) is 15.6 Å². The maximum atomic E-state index is 11.9. The van der Waals surface area contributed by atoms with Gasteiger partial charge in [-0.25, -0.2) is 5.84 Å². The number of carbonyl (C=O) groups excluding carboxylic acids is 1. The molecule has 8 heteroatoms. The Labute approximate surface area is 143 Å². The minimum absolute atomic E-state index is 0.212. The van der Waals surface area contributed by atoms with Crippen molar-refractivity contribution in [2.45, 2.75) is 0 Å². The number of amides is 1. The Balaban J connectivity index is 2.01. The smallest absolute Gasteiger partial charge is 0.265 e. The molecular weight excluding hydrogens is 324 g/mol. The first-order valence-corrected chi connectivity index (χ1v) is 7.34. The van der Waals surface area contributed by atoms with E-state index < -0.39 is 5.91 Å². The lowest BCUT2D eigenvalue weighted by atomic mass is 10.1. The maximum absolute atomic E-state index is 11.9. The van der Waals surface area contributed by atoms with Crippen LogP contribution in [0.2, 0.25) is 0 Å². The number of hydrogen-bond donors (Lipinski definition) is 2. The summed E-state index contributed by atoms with van der Waals surface area (Å²) in [5.74, 6) is 6.49. The molecule has 0 aliphatic rings. The molecule has 8 nitrogen and oxygen atoms in total. The molecule has 0 fully saturated rings. The molecule has 25 heavy (non-hydrogen) atoms. The van der Waals surface area contributed by atoms with Crippen LogP contribution < -0.4 is 20.7 Å². The number of hydrogen-bond acceptors (Lipinski definition) is 7. The minimum Gasteiger partial charge on any atom is -0.493 e. The third kappa shape index (κ3) is 3.15. The van der Waals surface area contributed by atoms with Gasteiger partial charge in [-0.2, -0.15) is 4.98 Å². The standard InChI is InChI=1S/C17H16N4O4/c1-23-13-8-7-10(9-14(13)24-2)15-19-17(25-21-15)12-6-4-3-5-11(12)16(22)20-18/h3-9H,18H2,1-2H3,(H,20,22). The summed E-state index contributed by atoms with van der Waals surface area (Å²) in [5, 5.41) is 3.97. The number of carbonyl (C=O) groups is 1. The largest absolute Gasteiger partial charge is 0.493 e. The fourth-order valence-electron chi connectivity index (χ4n) is 2.37. The van der Waals surface area contributed by atoms with Gasteiger partial charge < -0.3 is 14.0 Å². The molecule has 0 aliphatic carbocycles. The Hall–Kier alpha value is -3.39. The lowest BCUT2D eigenvalue weighted by molar-refractivity contribution is 0.0954. The molecule has 2 aromatic carbocycles. The average Bonchev–Trinajstić information content (AvgIpc) is 3.16. The second-order valence-corrected chi connectivity index (χ2v) is 5.01. The number of nitrogens with one attached hydrogen (secondary N) is 1. The van der Waals surface area contributed by atoms with Crippen LogP contribution in [0.5, 0.6) is 11.5 Å². The van der Waals surface area contributed by atoms with Gasteiger partial charge in [-0.3, -0.25) is 10.2 Å². The van der Waals surface area contributed by atoms with Gasteiger partial charge in [0.05, 0.1) is 25.3 Å². The Bertz CT molecular complexity index is 907. The van der Waals surface area contributed by atoms with Crippen LogP contribution in [0.4, 0.5) is 0 Å². The number of rotatable bonds is 5. The molecule has 0 unspecified atom stereocenters. The van der Waals surface area contributed by atoms with Crippen LogP contribution >= 0.6 is 0 Å². The molecule has 3 rings (SSSR count). The van der Waals surface area contributed by atoms with E-state index in [1.54, 1.807) is 56.7 Å². The molecule has 0 aliphatic heterocycles. The predicted molar refractivity (Wildman–Crippen MR) is 89.9 cm³/mol. The molecule has 1 aromatic heterocycles. The Morgan fingerprint density at radius 3 is 2.60 bits per heavy atom. The fraction of sp³-hybridized carbons (Fsp3) is 0.118. The van der Waals surface area contributed by atoms with Gasteiger partial charge in [0.2, 0.25) is 5.82 Å². The summed E-state index contributed by atoms with van der Waals surface area (Å²) in [5.41, 5.74) is 3.62. The predicted octanol–water partition coefficient (Wildman–Crippen LogP) is 2.02. The van der Waals surface area contributed by atoms with E-state index >= 15 is 0 Å². The zero-order valence-corrected chi connectivity index (χ0v) is 13.6. The number of methoxy groups -OCH3 is 2. The van der Waals surface area contributed by atoms with E-state index in [2.05, 4.69) is 15.6 Å². The SMILES string of the molecule is COc1ccc(-c2noc(-c3ccccc3C(=O)NN)n2)cc1OC. The van der Waals surface area contributed by atoms with E-state index in [0.29, 0.717) is 34.0 Å². The van der Waals surface area contributed by atoms with Crippen molar-refractivity contribution >= 4 is 5.91 Å². The number of ether oxygens (including phenoxy) is 2. The number of nitrogens with two attached hydrogens (primary N) is 1. The van der Waals surface area contributed by atoms with Crippen molar-refractivity contribution in [2.75, 3.05) is 14.2 Å². The highest BCUT2D eigenvalue weighted by molar-refractivity contribution is 5.99. The van der Waals surface area contributed by atoms with Crippen molar-refractivity contribution in [3.63, 3.8) is 0 Å². The van der Waals surface area contributed by atoms with Crippen LogP contribution in [0.15, 0.2) is 47.0 Å². The monoisotopic (exact) mass is 340 g/mol. The van der Waals surface area contributed by atoms with Crippen molar-refractivity contribution in [3.8, 4) is 34.3 Å². The first-order valence-electron chi connectivity index (χ1n) is 7.34. The van der Waals surface area contributed by atoms with Crippen molar-refractivity contribution in [2.24, 2.45) is 5.84 Å². The van der Waals surface area contributed by atoms with E-state index in [4.69, 9.17) is 19.8 Å². The lowest BCUT2D eigenvalue weighted by Crippen LogP contribution is -2.30. The normalized spacial score (nSPS) is 10.4. The van der Waals surface area contributed by atoms with Crippen LogP contribution in [-0.2, 0) is 0 Å². The van der Waals surface area contributed by atoms with E-state index in [0.717, 1.165) is 0 Å². The molecule has 128 valence electrons. The molecule has 3 aromatic rings. The van der Waals surface area contributed by atoms with Gasteiger partial charge in [0.15, 0.2) is 11.5 Å². The first-order chi connectivity index (χ1) is 12.2. The maximum Gasteiger partial charge on any atom is 0.265 e. The highest BCUT2D eigenvalue weighted by atomic mass is 16.5. The van der Waals surface area contributed by atoms with Crippen LogP contribution in [0.3, 0.4) is 0 Å². The zero-order chi connectivity index (χ0) is 17.8. The Morgan fingerprint density at radius 1 is 1.12 bits per heavy atom. The summed E-state index contributed by atoms with van der Waals surface area (Å²) in [6.45, 7) is 0. The topological polar surface area (TPSA) is 112 Å². The first kappa shape index (κ1) is 16.5. The van der Waals surface area contributed by atoms with Crippen LogP contribution in [0, 0.1) is 0 Å². The molecule has 0 spiro atoms. The highest BCUT2D eigenvalue weighted by Gasteiger charge is 2.18. The van der Waals surface area contributed by atoms with Gasteiger partial charge in [0.1, 0.15) is 0 Å². The number of hydrazine groups is 1. The second kappa shape index (κ2) is 7.02. The Morgan fingerprint density at radius 2 is 1.88 bits per heavy atom. The molecule has 0 saturated heterocycles. The fourth-order valence-corrected chi connectivity index (χ4v) is 2.37. The summed E-state index contributed by atoms with van der Waals surface area (Å²) in [4.78, 5) is 16.2. The van der Waals surface area contributed by atoms with Gasteiger partial charge in [-0.15, -0.1) is 0 Å². The Kier molecular flexibility index (Phi) is 4.62. The molecule has 1 amide bonds. The highest BCUT2D eigenvalue weighted by Crippen LogP contribution is 2.32. The van der Waals surface area contributed by atoms with E-state index in [9.17, 15) is 4.79 Å². The van der Waals surface area contributed by atoms with Crippen LogP contribution in [0.25, 0.3) is 22.8 Å². The molecule has 0 atom stereocenters. The zero-order valence-electron chi connectivity index (χ0n) is 13.6. The number of nitrogens with zero attached hydrogens (tertiary/aromatic N) is 2. The second-order valence-electron chi connectivity index (χ2n) is 5.01. The number of benzene rings is 2.